The molecule has 182 valence electrons. The molecule has 1 unspecified atom stereocenters. The molecule has 8 heteroatoms. The molecule has 0 aliphatic carbocycles. The van der Waals surface area contributed by atoms with Gasteiger partial charge in [-0.1, -0.05) is 67.9 Å². The molecular weight excluding hydrogens is 450 g/mol. The molecular formula is C28H29N7O. The zero-order chi connectivity index (χ0) is 24.9. The summed E-state index contributed by atoms with van der Waals surface area (Å²) < 4.78 is 0. The van der Waals surface area contributed by atoms with Crippen LogP contribution in [0.4, 0.5) is 0 Å². The lowest BCUT2D eigenvalue weighted by Crippen LogP contribution is -2.38. The number of H-pyrrole nitrogens is 1. The fourth-order valence-electron chi connectivity index (χ4n) is 4.69. The highest BCUT2D eigenvalue weighted by molar-refractivity contribution is 6.14. The summed E-state index contributed by atoms with van der Waals surface area (Å²) in [7, 11) is 1.71. The summed E-state index contributed by atoms with van der Waals surface area (Å²) in [5, 5.41) is 16.5. The van der Waals surface area contributed by atoms with Crippen LogP contribution in [0.5, 0.6) is 0 Å². The minimum atomic E-state index is -0.0636. The standard InChI is InChI=1S/C28H29N7O/c1-4-8-26-30-27(25(19(2)35(26)36-3)17-20-9-7-16-29-18-20)22-14-12-21(13-15-22)23-10-5-6-11-24(23)28-31-33-34-32-28/h5-7,9-16,18,26H,4,8,17H2,1-3H3,(H,31,32,33,34). The van der Waals surface area contributed by atoms with Crippen LogP contribution in [-0.4, -0.2) is 49.7 Å². The van der Waals surface area contributed by atoms with E-state index in [9.17, 15) is 0 Å². The Labute approximate surface area is 210 Å². The molecule has 0 bridgehead atoms. The first-order chi connectivity index (χ1) is 17.7. The third-order valence-corrected chi connectivity index (χ3v) is 6.43. The second-order valence-electron chi connectivity index (χ2n) is 8.72. The van der Waals surface area contributed by atoms with Crippen molar-refractivity contribution in [2.45, 2.75) is 39.3 Å². The maximum Gasteiger partial charge on any atom is 0.205 e. The van der Waals surface area contributed by atoms with Gasteiger partial charge in [-0.3, -0.25) is 14.8 Å². The van der Waals surface area contributed by atoms with Crippen molar-refractivity contribution in [2.75, 3.05) is 7.11 Å². The minimum Gasteiger partial charge on any atom is -0.275 e. The van der Waals surface area contributed by atoms with Crippen molar-refractivity contribution in [1.29, 1.82) is 0 Å². The summed E-state index contributed by atoms with van der Waals surface area (Å²) in [6.07, 6.45) is 6.28. The van der Waals surface area contributed by atoms with Crippen LogP contribution in [0, 0.1) is 0 Å². The van der Waals surface area contributed by atoms with Crippen LogP contribution < -0.4 is 0 Å². The maximum absolute atomic E-state index is 5.78. The van der Waals surface area contributed by atoms with Crippen LogP contribution in [-0.2, 0) is 11.3 Å². The molecule has 8 nitrogen and oxygen atoms in total. The van der Waals surface area contributed by atoms with Crippen molar-refractivity contribution in [3.63, 3.8) is 0 Å². The van der Waals surface area contributed by atoms with E-state index in [4.69, 9.17) is 9.83 Å². The van der Waals surface area contributed by atoms with Gasteiger partial charge in [-0.25, -0.2) is 5.06 Å². The Morgan fingerprint density at radius 3 is 2.42 bits per heavy atom. The molecule has 5 rings (SSSR count). The Morgan fingerprint density at radius 1 is 0.972 bits per heavy atom. The number of nitrogens with zero attached hydrogens (tertiary/aromatic N) is 6. The fourth-order valence-corrected chi connectivity index (χ4v) is 4.69. The number of allylic oxidation sites excluding steroid dienone is 2. The van der Waals surface area contributed by atoms with E-state index in [1.165, 1.54) is 0 Å². The van der Waals surface area contributed by atoms with E-state index in [2.05, 4.69) is 75.9 Å². The smallest absolute Gasteiger partial charge is 0.205 e. The zero-order valence-corrected chi connectivity index (χ0v) is 20.7. The van der Waals surface area contributed by atoms with E-state index in [0.29, 0.717) is 5.82 Å². The number of pyridine rings is 1. The van der Waals surface area contributed by atoms with Gasteiger partial charge in [0.15, 0.2) is 0 Å². The van der Waals surface area contributed by atoms with Crippen molar-refractivity contribution in [2.24, 2.45) is 4.99 Å². The number of hydrogen-bond donors (Lipinski definition) is 1. The van der Waals surface area contributed by atoms with Gasteiger partial charge in [0.1, 0.15) is 6.17 Å². The first-order valence-corrected chi connectivity index (χ1v) is 12.1. The molecule has 1 aliphatic heterocycles. The molecule has 0 saturated carbocycles. The number of tetrazole rings is 1. The van der Waals surface area contributed by atoms with Gasteiger partial charge in [0.2, 0.25) is 5.82 Å². The van der Waals surface area contributed by atoms with Gasteiger partial charge >= 0.3 is 0 Å². The molecule has 0 fully saturated rings. The monoisotopic (exact) mass is 479 g/mol. The summed E-state index contributed by atoms with van der Waals surface area (Å²) >= 11 is 0. The predicted octanol–water partition coefficient (Wildman–Crippen LogP) is 5.24. The third kappa shape index (κ3) is 4.67. The topological polar surface area (TPSA) is 92.2 Å². The second-order valence-corrected chi connectivity index (χ2v) is 8.72. The Hall–Kier alpha value is -4.17. The molecule has 0 saturated heterocycles. The molecule has 4 aromatic rings. The number of hydroxylamine groups is 2. The van der Waals surface area contributed by atoms with E-state index in [0.717, 1.165) is 64.1 Å². The second kappa shape index (κ2) is 10.6. The number of aromatic amines is 1. The summed E-state index contributed by atoms with van der Waals surface area (Å²) in [6.45, 7) is 4.28. The first-order valence-electron chi connectivity index (χ1n) is 12.1. The van der Waals surface area contributed by atoms with Gasteiger partial charge < -0.3 is 0 Å². The van der Waals surface area contributed by atoms with Crippen molar-refractivity contribution >= 4 is 5.71 Å². The van der Waals surface area contributed by atoms with Crippen molar-refractivity contribution < 1.29 is 4.84 Å². The zero-order valence-electron chi connectivity index (χ0n) is 20.7. The summed E-state index contributed by atoms with van der Waals surface area (Å²) in [6, 6.07) is 20.7. The van der Waals surface area contributed by atoms with E-state index in [-0.39, 0.29) is 6.17 Å². The summed E-state index contributed by atoms with van der Waals surface area (Å²) in [5.41, 5.74) is 8.48. The Morgan fingerprint density at radius 2 is 1.75 bits per heavy atom. The molecule has 36 heavy (non-hydrogen) atoms. The number of aromatic nitrogens is 5. The molecule has 1 atom stereocenters. The van der Waals surface area contributed by atoms with Crippen LogP contribution in [0.15, 0.2) is 89.3 Å². The molecule has 2 aromatic carbocycles. The van der Waals surface area contributed by atoms with Gasteiger partial charge in [0.25, 0.3) is 0 Å². The number of rotatable bonds is 8. The highest BCUT2D eigenvalue weighted by Crippen LogP contribution is 2.32. The summed E-state index contributed by atoms with van der Waals surface area (Å²) in [4.78, 5) is 15.3. The number of hydrogen-bond acceptors (Lipinski definition) is 7. The van der Waals surface area contributed by atoms with Gasteiger partial charge in [-0.05, 0) is 41.3 Å². The van der Waals surface area contributed by atoms with Gasteiger partial charge in [-0.15, -0.1) is 10.2 Å². The summed E-state index contributed by atoms with van der Waals surface area (Å²) in [5.74, 6) is 0.575. The molecule has 0 spiro atoms. The third-order valence-electron chi connectivity index (χ3n) is 6.43. The van der Waals surface area contributed by atoms with Crippen LogP contribution >= 0.6 is 0 Å². The Balaban J connectivity index is 1.54. The average molecular weight is 480 g/mol. The van der Waals surface area contributed by atoms with Crippen molar-refractivity contribution in [3.05, 3.63) is 95.5 Å². The first kappa shape index (κ1) is 23.6. The predicted molar refractivity (Wildman–Crippen MR) is 140 cm³/mol. The fraction of sp³-hybridized carbons (Fsp3) is 0.250. The largest absolute Gasteiger partial charge is 0.275 e. The van der Waals surface area contributed by atoms with E-state index >= 15 is 0 Å². The lowest BCUT2D eigenvalue weighted by Gasteiger charge is -2.35. The molecule has 1 aliphatic rings. The molecule has 2 aromatic heterocycles. The van der Waals surface area contributed by atoms with E-state index in [1.807, 2.05) is 35.5 Å². The van der Waals surface area contributed by atoms with Gasteiger partial charge in [-0.2, -0.15) is 5.21 Å². The minimum absolute atomic E-state index is 0.0636. The van der Waals surface area contributed by atoms with Gasteiger partial charge in [0, 0.05) is 41.2 Å². The number of aliphatic imine (C=N–C) groups is 1. The SMILES string of the molecule is CCCC1N=C(c2ccc(-c3ccccc3-c3nn[nH]n3)cc2)C(Cc2cccnc2)=C(C)N1OC. The Kier molecular flexibility index (Phi) is 6.95. The van der Waals surface area contributed by atoms with Crippen LogP contribution in [0.3, 0.4) is 0 Å². The highest BCUT2D eigenvalue weighted by atomic mass is 16.7. The molecule has 1 N–H and O–H groups in total. The Bertz CT molecular complexity index is 1360. The van der Waals surface area contributed by atoms with Crippen LogP contribution in [0.1, 0.15) is 37.8 Å². The average Bonchev–Trinajstić information content (AvgIpc) is 3.46. The highest BCUT2D eigenvalue weighted by Gasteiger charge is 2.29. The van der Waals surface area contributed by atoms with E-state index in [1.54, 1.807) is 13.3 Å². The molecule has 0 amide bonds. The quantitative estimate of drug-likeness (QED) is 0.372. The molecule has 3 heterocycles. The van der Waals surface area contributed by atoms with Crippen LogP contribution in [0.25, 0.3) is 22.5 Å². The van der Waals surface area contributed by atoms with Crippen molar-refractivity contribution in [3.8, 4) is 22.5 Å². The molecule has 0 radical (unpaired) electrons. The van der Waals surface area contributed by atoms with Gasteiger partial charge in [0.05, 0.1) is 12.8 Å². The lowest BCUT2D eigenvalue weighted by molar-refractivity contribution is -0.133. The normalized spacial score (nSPS) is 15.8. The number of nitrogens with one attached hydrogen (secondary N) is 1. The number of benzene rings is 2. The van der Waals surface area contributed by atoms with Crippen molar-refractivity contribution in [1.82, 2.24) is 30.7 Å². The maximum atomic E-state index is 5.78. The van der Waals surface area contributed by atoms with Crippen LogP contribution in [0.2, 0.25) is 0 Å². The lowest BCUT2D eigenvalue weighted by atomic mass is 9.91. The van der Waals surface area contributed by atoms with E-state index < -0.39 is 0 Å².